The Morgan fingerprint density at radius 1 is 1.11 bits per heavy atom. The van der Waals surface area contributed by atoms with Gasteiger partial charge in [-0.1, -0.05) is 53.0 Å². The van der Waals surface area contributed by atoms with Crippen molar-refractivity contribution >= 4 is 58.4 Å². The molecule has 150 valence electrons. The van der Waals surface area contributed by atoms with Gasteiger partial charge in [0.1, 0.15) is 6.04 Å². The molecule has 8 heteroatoms. The molecule has 2 aromatic carbocycles. The summed E-state index contributed by atoms with van der Waals surface area (Å²) in [6.45, 7) is 1.92. The van der Waals surface area contributed by atoms with Crippen LogP contribution < -0.4 is 5.32 Å². The van der Waals surface area contributed by atoms with Crippen LogP contribution in [0.5, 0.6) is 0 Å². The normalized spacial score (nSPS) is 11.8. The van der Waals surface area contributed by atoms with Gasteiger partial charge >= 0.3 is 0 Å². The maximum Gasteiger partial charge on any atom is 0.242 e. The van der Waals surface area contributed by atoms with E-state index in [2.05, 4.69) is 5.32 Å². The predicted molar refractivity (Wildman–Crippen MR) is 118 cm³/mol. The second kappa shape index (κ2) is 11.0. The molecular weight excluding hydrogens is 439 g/mol. The Kier molecular flexibility index (Phi) is 8.96. The summed E-state index contributed by atoms with van der Waals surface area (Å²) in [6.07, 6.45) is 0. The molecule has 0 saturated carbocycles. The maximum absolute atomic E-state index is 12.9. The van der Waals surface area contributed by atoms with Crippen LogP contribution in [0, 0.1) is 0 Å². The average molecular weight is 460 g/mol. The highest BCUT2D eigenvalue weighted by Gasteiger charge is 2.26. The fourth-order valence-electron chi connectivity index (χ4n) is 2.59. The summed E-state index contributed by atoms with van der Waals surface area (Å²) in [5, 5.41) is 4.23. The summed E-state index contributed by atoms with van der Waals surface area (Å²) in [7, 11) is 1.55. The van der Waals surface area contributed by atoms with Crippen molar-refractivity contribution in [2.75, 3.05) is 12.8 Å². The number of amides is 2. The largest absolute Gasteiger partial charge is 0.357 e. The van der Waals surface area contributed by atoms with E-state index in [4.69, 9.17) is 34.8 Å². The van der Waals surface area contributed by atoms with Crippen LogP contribution in [0.15, 0.2) is 42.5 Å². The quantitative estimate of drug-likeness (QED) is 0.601. The molecule has 0 heterocycles. The summed E-state index contributed by atoms with van der Waals surface area (Å²) in [5.74, 6) is 0.502. The summed E-state index contributed by atoms with van der Waals surface area (Å²) in [4.78, 5) is 26.5. The van der Waals surface area contributed by atoms with Crippen molar-refractivity contribution in [3.8, 4) is 0 Å². The Bertz CT molecular complexity index is 848. The number of nitrogens with one attached hydrogen (secondary N) is 1. The second-order valence-electron chi connectivity index (χ2n) is 6.17. The standard InChI is InChI=1S/C20H21Cl3N2O2S/c1-13(20(27)24-2)25(10-15-6-7-17(22)9-18(15)23)19(26)12-28-11-14-4-3-5-16(21)8-14/h3-9,13H,10-12H2,1-2H3,(H,24,27). The zero-order chi connectivity index (χ0) is 20.7. The first-order valence-electron chi connectivity index (χ1n) is 8.59. The number of likely N-dealkylation sites (N-methyl/N-ethyl adjacent to an activating group) is 1. The van der Waals surface area contributed by atoms with Crippen LogP contribution in [0.3, 0.4) is 0 Å². The third-order valence-electron chi connectivity index (χ3n) is 4.15. The van der Waals surface area contributed by atoms with Gasteiger partial charge in [0.05, 0.1) is 5.75 Å². The Hall–Kier alpha value is -1.40. The van der Waals surface area contributed by atoms with E-state index in [1.165, 1.54) is 16.7 Å². The second-order valence-corrected chi connectivity index (χ2v) is 8.44. The van der Waals surface area contributed by atoms with Crippen LogP contribution in [-0.2, 0) is 21.9 Å². The molecule has 0 aromatic heterocycles. The number of carbonyl (C=O) groups excluding carboxylic acids is 2. The van der Waals surface area contributed by atoms with E-state index in [0.29, 0.717) is 20.8 Å². The molecule has 2 rings (SSSR count). The van der Waals surface area contributed by atoms with Crippen molar-refractivity contribution in [1.82, 2.24) is 10.2 Å². The predicted octanol–water partition coefficient (Wildman–Crippen LogP) is 5.04. The van der Waals surface area contributed by atoms with E-state index >= 15 is 0 Å². The first-order valence-corrected chi connectivity index (χ1v) is 10.9. The molecule has 4 nitrogen and oxygen atoms in total. The van der Waals surface area contributed by atoms with Crippen molar-refractivity contribution in [3.63, 3.8) is 0 Å². The highest BCUT2D eigenvalue weighted by atomic mass is 35.5. The number of hydrogen-bond acceptors (Lipinski definition) is 3. The summed E-state index contributed by atoms with van der Waals surface area (Å²) >= 11 is 19.7. The molecule has 0 aliphatic heterocycles. The van der Waals surface area contributed by atoms with Crippen molar-refractivity contribution < 1.29 is 9.59 Å². The van der Waals surface area contributed by atoms with Crippen LogP contribution >= 0.6 is 46.6 Å². The highest BCUT2D eigenvalue weighted by molar-refractivity contribution is 7.99. The van der Waals surface area contributed by atoms with Crippen LogP contribution in [0.1, 0.15) is 18.1 Å². The fourth-order valence-corrected chi connectivity index (χ4v) is 4.13. The van der Waals surface area contributed by atoms with E-state index in [-0.39, 0.29) is 24.1 Å². The van der Waals surface area contributed by atoms with Gasteiger partial charge in [-0.25, -0.2) is 0 Å². The molecule has 0 fully saturated rings. The number of hydrogen-bond donors (Lipinski definition) is 1. The lowest BCUT2D eigenvalue weighted by molar-refractivity contribution is -0.138. The number of thioether (sulfide) groups is 1. The molecule has 28 heavy (non-hydrogen) atoms. The van der Waals surface area contributed by atoms with E-state index in [1.54, 1.807) is 32.2 Å². The van der Waals surface area contributed by atoms with E-state index in [0.717, 1.165) is 11.1 Å². The van der Waals surface area contributed by atoms with Crippen molar-refractivity contribution in [2.45, 2.75) is 25.3 Å². The zero-order valence-electron chi connectivity index (χ0n) is 15.5. The Morgan fingerprint density at radius 2 is 1.82 bits per heavy atom. The van der Waals surface area contributed by atoms with Crippen LogP contribution in [0.4, 0.5) is 0 Å². The van der Waals surface area contributed by atoms with E-state index in [9.17, 15) is 9.59 Å². The zero-order valence-corrected chi connectivity index (χ0v) is 18.6. The summed E-state index contributed by atoms with van der Waals surface area (Å²) in [5.41, 5.74) is 1.77. The minimum absolute atomic E-state index is 0.144. The fraction of sp³-hybridized carbons (Fsp3) is 0.300. The lowest BCUT2D eigenvalue weighted by Crippen LogP contribution is -2.47. The molecule has 0 radical (unpaired) electrons. The third-order valence-corrected chi connectivity index (χ3v) is 5.96. The number of halogens is 3. The minimum atomic E-state index is -0.629. The molecule has 1 unspecified atom stereocenters. The molecule has 1 N–H and O–H groups in total. The molecule has 0 aliphatic rings. The average Bonchev–Trinajstić information content (AvgIpc) is 2.66. The highest BCUT2D eigenvalue weighted by Crippen LogP contribution is 2.24. The van der Waals surface area contributed by atoms with E-state index < -0.39 is 6.04 Å². The van der Waals surface area contributed by atoms with Crippen LogP contribution in [-0.4, -0.2) is 35.6 Å². The molecule has 0 bridgehead atoms. The molecule has 1 atom stereocenters. The molecular formula is C20H21Cl3N2O2S. The first-order chi connectivity index (χ1) is 13.3. The Balaban J connectivity index is 2.09. The smallest absolute Gasteiger partial charge is 0.242 e. The van der Waals surface area contributed by atoms with Crippen molar-refractivity contribution in [1.29, 1.82) is 0 Å². The number of benzene rings is 2. The first kappa shape index (κ1) is 22.9. The van der Waals surface area contributed by atoms with Gasteiger partial charge in [-0.15, -0.1) is 11.8 Å². The van der Waals surface area contributed by atoms with Gasteiger partial charge in [0.2, 0.25) is 11.8 Å². The third kappa shape index (κ3) is 6.59. The maximum atomic E-state index is 12.9. The van der Waals surface area contributed by atoms with Crippen LogP contribution in [0.25, 0.3) is 0 Å². The number of nitrogens with zero attached hydrogens (tertiary/aromatic N) is 1. The van der Waals surface area contributed by atoms with Gasteiger partial charge in [-0.2, -0.15) is 0 Å². The van der Waals surface area contributed by atoms with Gasteiger partial charge in [0.15, 0.2) is 0 Å². The molecule has 0 spiro atoms. The van der Waals surface area contributed by atoms with E-state index in [1.807, 2.05) is 24.3 Å². The van der Waals surface area contributed by atoms with Gasteiger partial charge in [-0.05, 0) is 42.3 Å². The topological polar surface area (TPSA) is 49.4 Å². The SMILES string of the molecule is CNC(=O)C(C)N(Cc1ccc(Cl)cc1Cl)C(=O)CSCc1cccc(Cl)c1. The molecule has 0 saturated heterocycles. The van der Waals surface area contributed by atoms with Crippen molar-refractivity contribution in [3.05, 3.63) is 68.7 Å². The number of rotatable bonds is 8. The van der Waals surface area contributed by atoms with Gasteiger partial charge in [0.25, 0.3) is 0 Å². The molecule has 0 aliphatic carbocycles. The summed E-state index contributed by atoms with van der Waals surface area (Å²) in [6, 6.07) is 12.0. The van der Waals surface area contributed by atoms with Gasteiger partial charge in [-0.3, -0.25) is 9.59 Å². The van der Waals surface area contributed by atoms with Crippen molar-refractivity contribution in [2.24, 2.45) is 0 Å². The monoisotopic (exact) mass is 458 g/mol. The molecule has 2 amide bonds. The van der Waals surface area contributed by atoms with Gasteiger partial charge in [0, 0.05) is 34.4 Å². The summed E-state index contributed by atoms with van der Waals surface area (Å²) < 4.78 is 0. The minimum Gasteiger partial charge on any atom is -0.357 e. The number of carbonyl (C=O) groups is 2. The Labute approximate surface area is 184 Å². The lowest BCUT2D eigenvalue weighted by Gasteiger charge is -2.28. The Morgan fingerprint density at radius 3 is 2.46 bits per heavy atom. The molecule has 2 aromatic rings. The lowest BCUT2D eigenvalue weighted by atomic mass is 10.1. The van der Waals surface area contributed by atoms with Gasteiger partial charge < -0.3 is 10.2 Å². The van der Waals surface area contributed by atoms with Crippen LogP contribution in [0.2, 0.25) is 15.1 Å².